The third kappa shape index (κ3) is 3.49. The SMILES string of the molecule is CC(C)COc1cc(C(C)(C)N)ccc1F. The van der Waals surface area contributed by atoms with Crippen LogP contribution in [0.1, 0.15) is 33.3 Å². The van der Waals surface area contributed by atoms with Crippen molar-refractivity contribution >= 4 is 0 Å². The van der Waals surface area contributed by atoms with Gasteiger partial charge in [-0.05, 0) is 37.5 Å². The molecule has 0 saturated carbocycles. The molecule has 0 atom stereocenters. The van der Waals surface area contributed by atoms with E-state index in [9.17, 15) is 4.39 Å². The summed E-state index contributed by atoms with van der Waals surface area (Å²) in [5.41, 5.74) is 6.34. The fraction of sp³-hybridized carbons (Fsp3) is 0.538. The molecule has 0 aliphatic carbocycles. The van der Waals surface area contributed by atoms with E-state index in [1.807, 2.05) is 27.7 Å². The Bertz CT molecular complexity index is 355. The van der Waals surface area contributed by atoms with Gasteiger partial charge in [-0.1, -0.05) is 19.9 Å². The van der Waals surface area contributed by atoms with Crippen molar-refractivity contribution in [3.8, 4) is 5.75 Å². The van der Waals surface area contributed by atoms with E-state index in [1.54, 1.807) is 12.1 Å². The topological polar surface area (TPSA) is 35.2 Å². The highest BCUT2D eigenvalue weighted by Gasteiger charge is 2.16. The minimum atomic E-state index is -0.482. The molecule has 0 aliphatic rings. The van der Waals surface area contributed by atoms with E-state index in [2.05, 4.69) is 0 Å². The minimum absolute atomic E-state index is 0.282. The van der Waals surface area contributed by atoms with E-state index in [0.717, 1.165) is 5.56 Å². The van der Waals surface area contributed by atoms with Crippen LogP contribution in [-0.2, 0) is 5.54 Å². The molecule has 0 heterocycles. The average molecular weight is 225 g/mol. The van der Waals surface area contributed by atoms with Crippen molar-refractivity contribution in [3.05, 3.63) is 29.6 Å². The van der Waals surface area contributed by atoms with Crippen LogP contribution in [0.25, 0.3) is 0 Å². The maximum atomic E-state index is 13.4. The molecule has 16 heavy (non-hydrogen) atoms. The molecule has 0 spiro atoms. The van der Waals surface area contributed by atoms with E-state index >= 15 is 0 Å². The number of rotatable bonds is 4. The summed E-state index contributed by atoms with van der Waals surface area (Å²) in [5.74, 6) is 0.312. The van der Waals surface area contributed by atoms with Gasteiger partial charge in [-0.3, -0.25) is 0 Å². The van der Waals surface area contributed by atoms with Crippen molar-refractivity contribution in [1.82, 2.24) is 0 Å². The normalized spacial score (nSPS) is 11.9. The first-order valence-electron chi connectivity index (χ1n) is 5.52. The van der Waals surface area contributed by atoms with Gasteiger partial charge in [0.1, 0.15) is 0 Å². The highest BCUT2D eigenvalue weighted by atomic mass is 19.1. The molecule has 0 aromatic heterocycles. The summed E-state index contributed by atoms with van der Waals surface area (Å²) in [7, 11) is 0. The molecule has 0 saturated heterocycles. The van der Waals surface area contributed by atoms with Crippen LogP contribution in [-0.4, -0.2) is 6.61 Å². The number of nitrogens with two attached hydrogens (primary N) is 1. The first kappa shape index (κ1) is 13.0. The second kappa shape index (κ2) is 4.83. The van der Waals surface area contributed by atoms with Crippen LogP contribution in [0.2, 0.25) is 0 Å². The van der Waals surface area contributed by atoms with E-state index < -0.39 is 5.54 Å². The number of halogens is 1. The summed E-state index contributed by atoms with van der Waals surface area (Å²) in [6.45, 7) is 8.31. The number of hydrogen-bond acceptors (Lipinski definition) is 2. The van der Waals surface area contributed by atoms with Crippen LogP contribution < -0.4 is 10.5 Å². The third-order valence-electron chi connectivity index (χ3n) is 2.25. The Balaban J connectivity index is 2.91. The summed E-state index contributed by atoms with van der Waals surface area (Å²) in [5, 5.41) is 0. The Labute approximate surface area is 96.6 Å². The Morgan fingerprint density at radius 1 is 1.38 bits per heavy atom. The fourth-order valence-electron chi connectivity index (χ4n) is 1.27. The van der Waals surface area contributed by atoms with Crippen LogP contribution in [0.5, 0.6) is 5.75 Å². The van der Waals surface area contributed by atoms with Crippen molar-refractivity contribution in [2.75, 3.05) is 6.61 Å². The number of benzene rings is 1. The van der Waals surface area contributed by atoms with Crippen LogP contribution in [0.4, 0.5) is 4.39 Å². The van der Waals surface area contributed by atoms with Gasteiger partial charge in [-0.2, -0.15) is 0 Å². The minimum Gasteiger partial charge on any atom is -0.490 e. The average Bonchev–Trinajstić information content (AvgIpc) is 2.14. The Morgan fingerprint density at radius 2 is 2.00 bits per heavy atom. The molecule has 0 aliphatic heterocycles. The molecule has 3 heteroatoms. The summed E-state index contributed by atoms with van der Waals surface area (Å²) in [4.78, 5) is 0. The van der Waals surface area contributed by atoms with E-state index in [4.69, 9.17) is 10.5 Å². The molecule has 1 aromatic rings. The third-order valence-corrected chi connectivity index (χ3v) is 2.25. The zero-order valence-electron chi connectivity index (χ0n) is 10.4. The quantitative estimate of drug-likeness (QED) is 0.854. The van der Waals surface area contributed by atoms with E-state index in [1.165, 1.54) is 6.07 Å². The second-order valence-electron chi connectivity index (χ2n) is 5.07. The maximum absolute atomic E-state index is 13.4. The van der Waals surface area contributed by atoms with Gasteiger partial charge in [-0.15, -0.1) is 0 Å². The number of ether oxygens (including phenoxy) is 1. The van der Waals surface area contributed by atoms with Crippen molar-refractivity contribution < 1.29 is 9.13 Å². The predicted octanol–water partition coefficient (Wildman–Crippen LogP) is 3.05. The second-order valence-corrected chi connectivity index (χ2v) is 5.07. The van der Waals surface area contributed by atoms with E-state index in [-0.39, 0.29) is 11.6 Å². The van der Waals surface area contributed by atoms with Crippen LogP contribution >= 0.6 is 0 Å². The van der Waals surface area contributed by atoms with Crippen molar-refractivity contribution in [2.24, 2.45) is 11.7 Å². The molecular weight excluding hydrogens is 205 g/mol. The van der Waals surface area contributed by atoms with Gasteiger partial charge in [0, 0.05) is 5.54 Å². The summed E-state index contributed by atoms with van der Waals surface area (Å²) >= 11 is 0. The predicted molar refractivity (Wildman–Crippen MR) is 63.9 cm³/mol. The Hall–Kier alpha value is -1.09. The standard InChI is InChI=1S/C13H20FNO/c1-9(2)8-16-12-7-10(13(3,4)15)5-6-11(12)14/h5-7,9H,8,15H2,1-4H3. The fourth-order valence-corrected chi connectivity index (χ4v) is 1.27. The Kier molecular flexibility index (Phi) is 3.92. The van der Waals surface area contributed by atoms with Gasteiger partial charge in [0.15, 0.2) is 11.6 Å². The van der Waals surface area contributed by atoms with Gasteiger partial charge in [0.25, 0.3) is 0 Å². The molecule has 1 aromatic carbocycles. The smallest absolute Gasteiger partial charge is 0.165 e. The Morgan fingerprint density at radius 3 is 2.50 bits per heavy atom. The molecule has 0 amide bonds. The largest absolute Gasteiger partial charge is 0.490 e. The summed E-state index contributed by atoms with van der Waals surface area (Å²) < 4.78 is 18.8. The first-order valence-corrected chi connectivity index (χ1v) is 5.52. The van der Waals surface area contributed by atoms with Crippen LogP contribution in [0, 0.1) is 11.7 Å². The van der Waals surface area contributed by atoms with Gasteiger partial charge in [0.05, 0.1) is 6.61 Å². The molecule has 0 radical (unpaired) electrons. The molecule has 2 nitrogen and oxygen atoms in total. The van der Waals surface area contributed by atoms with Gasteiger partial charge in [0.2, 0.25) is 0 Å². The molecule has 0 fully saturated rings. The lowest BCUT2D eigenvalue weighted by Crippen LogP contribution is -2.28. The molecule has 0 bridgehead atoms. The van der Waals surface area contributed by atoms with Crippen LogP contribution in [0.15, 0.2) is 18.2 Å². The lowest BCUT2D eigenvalue weighted by molar-refractivity contribution is 0.258. The molecule has 90 valence electrons. The molecule has 0 unspecified atom stereocenters. The number of hydrogen-bond donors (Lipinski definition) is 1. The highest BCUT2D eigenvalue weighted by molar-refractivity contribution is 5.33. The summed E-state index contributed by atoms with van der Waals surface area (Å²) in [6.07, 6.45) is 0. The molecule has 2 N–H and O–H groups in total. The van der Waals surface area contributed by atoms with Gasteiger partial charge >= 0.3 is 0 Å². The monoisotopic (exact) mass is 225 g/mol. The lowest BCUT2D eigenvalue weighted by atomic mass is 9.95. The highest BCUT2D eigenvalue weighted by Crippen LogP contribution is 2.25. The maximum Gasteiger partial charge on any atom is 0.165 e. The van der Waals surface area contributed by atoms with Crippen LogP contribution in [0.3, 0.4) is 0 Å². The molecule has 1 rings (SSSR count). The lowest BCUT2D eigenvalue weighted by Gasteiger charge is -2.20. The van der Waals surface area contributed by atoms with Gasteiger partial charge in [-0.25, -0.2) is 4.39 Å². The van der Waals surface area contributed by atoms with Crippen molar-refractivity contribution in [1.29, 1.82) is 0 Å². The van der Waals surface area contributed by atoms with Gasteiger partial charge < -0.3 is 10.5 Å². The zero-order chi connectivity index (χ0) is 12.3. The van der Waals surface area contributed by atoms with Crippen molar-refractivity contribution in [3.63, 3.8) is 0 Å². The summed E-state index contributed by atoms with van der Waals surface area (Å²) in [6, 6.07) is 4.77. The first-order chi connectivity index (χ1) is 7.30. The zero-order valence-corrected chi connectivity index (χ0v) is 10.4. The van der Waals surface area contributed by atoms with Crippen molar-refractivity contribution in [2.45, 2.75) is 33.2 Å². The van der Waals surface area contributed by atoms with E-state index in [0.29, 0.717) is 12.5 Å². The molecular formula is C13H20FNO.